The number of rotatable bonds is 6. The average molecular weight is 290 g/mol. The Morgan fingerprint density at radius 3 is 2.71 bits per heavy atom. The molecule has 21 heavy (non-hydrogen) atoms. The van der Waals surface area contributed by atoms with Crippen LogP contribution in [0.25, 0.3) is 0 Å². The first-order valence-electron chi connectivity index (χ1n) is 7.95. The smallest absolute Gasteiger partial charge is 0.225 e. The zero-order valence-corrected chi connectivity index (χ0v) is 12.9. The highest BCUT2D eigenvalue weighted by molar-refractivity contribution is 5.90. The van der Waals surface area contributed by atoms with Crippen LogP contribution in [0.15, 0.2) is 24.3 Å². The summed E-state index contributed by atoms with van der Waals surface area (Å²) in [4.78, 5) is 11.9. The van der Waals surface area contributed by atoms with E-state index in [1.807, 2.05) is 24.3 Å². The second-order valence-electron chi connectivity index (χ2n) is 5.67. The Morgan fingerprint density at radius 2 is 2.00 bits per heavy atom. The highest BCUT2D eigenvalue weighted by Gasteiger charge is 2.11. The summed E-state index contributed by atoms with van der Waals surface area (Å²) in [7, 11) is 1.62. The predicted molar refractivity (Wildman–Crippen MR) is 85.7 cm³/mol. The SMILES string of the molecule is COc1cccc(NC(=O)CCNC2CCCCCC2)c1. The number of hydrogen-bond donors (Lipinski definition) is 2. The lowest BCUT2D eigenvalue weighted by molar-refractivity contribution is -0.116. The summed E-state index contributed by atoms with van der Waals surface area (Å²) in [6.45, 7) is 0.750. The Morgan fingerprint density at radius 1 is 1.24 bits per heavy atom. The van der Waals surface area contributed by atoms with E-state index in [2.05, 4.69) is 10.6 Å². The molecule has 0 aliphatic heterocycles. The number of ether oxygens (including phenoxy) is 1. The number of carbonyl (C=O) groups is 1. The topological polar surface area (TPSA) is 50.4 Å². The van der Waals surface area contributed by atoms with Crippen LogP contribution in [0.1, 0.15) is 44.9 Å². The average Bonchev–Trinajstić information content (AvgIpc) is 2.76. The standard InChI is InChI=1S/C17H26N2O2/c1-21-16-10-6-9-15(13-16)19-17(20)11-12-18-14-7-4-2-3-5-8-14/h6,9-10,13-14,18H,2-5,7-8,11-12H2,1H3,(H,19,20). The van der Waals surface area contributed by atoms with Gasteiger partial charge >= 0.3 is 0 Å². The van der Waals surface area contributed by atoms with Gasteiger partial charge in [0.25, 0.3) is 0 Å². The van der Waals surface area contributed by atoms with E-state index in [9.17, 15) is 4.79 Å². The maximum atomic E-state index is 11.9. The Bertz CT molecular complexity index is 440. The van der Waals surface area contributed by atoms with Crippen molar-refractivity contribution in [3.8, 4) is 5.75 Å². The van der Waals surface area contributed by atoms with Gasteiger partial charge in [0.1, 0.15) is 5.75 Å². The van der Waals surface area contributed by atoms with Crippen molar-refractivity contribution >= 4 is 11.6 Å². The third-order valence-electron chi connectivity index (χ3n) is 3.99. The Labute approximate surface area is 127 Å². The Balaban J connectivity index is 1.69. The van der Waals surface area contributed by atoms with Crippen LogP contribution in [-0.4, -0.2) is 25.6 Å². The number of benzene rings is 1. The number of hydrogen-bond acceptors (Lipinski definition) is 3. The molecule has 0 saturated heterocycles. The third-order valence-corrected chi connectivity index (χ3v) is 3.99. The molecule has 4 heteroatoms. The number of carbonyl (C=O) groups excluding carboxylic acids is 1. The summed E-state index contributed by atoms with van der Waals surface area (Å²) in [5.41, 5.74) is 0.786. The molecule has 0 spiro atoms. The molecule has 1 amide bonds. The van der Waals surface area contributed by atoms with Gasteiger partial charge in [-0.2, -0.15) is 0 Å². The van der Waals surface area contributed by atoms with E-state index in [1.54, 1.807) is 7.11 Å². The van der Waals surface area contributed by atoms with Crippen LogP contribution in [0.3, 0.4) is 0 Å². The molecule has 1 aromatic rings. The summed E-state index contributed by atoms with van der Waals surface area (Å²) in [5.74, 6) is 0.800. The van der Waals surface area contributed by atoms with Crippen molar-refractivity contribution in [3.05, 3.63) is 24.3 Å². The lowest BCUT2D eigenvalue weighted by atomic mass is 10.1. The van der Waals surface area contributed by atoms with Gasteiger partial charge in [-0.05, 0) is 25.0 Å². The number of nitrogens with one attached hydrogen (secondary N) is 2. The van der Waals surface area contributed by atoms with Gasteiger partial charge in [-0.25, -0.2) is 0 Å². The van der Waals surface area contributed by atoms with E-state index in [1.165, 1.54) is 38.5 Å². The maximum Gasteiger partial charge on any atom is 0.225 e. The molecule has 4 nitrogen and oxygen atoms in total. The number of amides is 1. The van der Waals surface area contributed by atoms with Crippen molar-refractivity contribution in [2.24, 2.45) is 0 Å². The van der Waals surface area contributed by atoms with E-state index in [0.717, 1.165) is 18.0 Å². The maximum absolute atomic E-state index is 11.9. The minimum Gasteiger partial charge on any atom is -0.497 e. The summed E-state index contributed by atoms with van der Waals surface area (Å²) in [5, 5.41) is 6.42. The molecule has 1 aliphatic rings. The molecule has 1 aromatic carbocycles. The van der Waals surface area contributed by atoms with Crippen molar-refractivity contribution < 1.29 is 9.53 Å². The largest absolute Gasteiger partial charge is 0.497 e. The first kappa shape index (κ1) is 15.8. The highest BCUT2D eigenvalue weighted by atomic mass is 16.5. The number of anilines is 1. The van der Waals surface area contributed by atoms with Crippen LogP contribution in [0.5, 0.6) is 5.75 Å². The van der Waals surface area contributed by atoms with Crippen LogP contribution >= 0.6 is 0 Å². The molecule has 0 bridgehead atoms. The molecule has 0 unspecified atom stereocenters. The van der Waals surface area contributed by atoms with E-state index < -0.39 is 0 Å². The van der Waals surface area contributed by atoms with Gasteiger partial charge in [0.15, 0.2) is 0 Å². The van der Waals surface area contributed by atoms with E-state index >= 15 is 0 Å². The normalized spacial score (nSPS) is 16.2. The molecule has 2 N–H and O–H groups in total. The first-order valence-corrected chi connectivity index (χ1v) is 7.95. The van der Waals surface area contributed by atoms with Gasteiger partial charge in [-0.3, -0.25) is 4.79 Å². The van der Waals surface area contributed by atoms with E-state index in [0.29, 0.717) is 12.5 Å². The zero-order valence-electron chi connectivity index (χ0n) is 12.9. The van der Waals surface area contributed by atoms with Gasteiger partial charge in [-0.1, -0.05) is 31.7 Å². The summed E-state index contributed by atoms with van der Waals surface area (Å²) in [6.07, 6.45) is 8.34. The number of methoxy groups -OCH3 is 1. The van der Waals surface area contributed by atoms with Crippen LogP contribution < -0.4 is 15.4 Å². The van der Waals surface area contributed by atoms with Crippen LogP contribution in [-0.2, 0) is 4.79 Å². The second kappa shape index (κ2) is 8.67. The summed E-state index contributed by atoms with van der Waals surface area (Å²) >= 11 is 0. The van der Waals surface area contributed by atoms with Crippen LogP contribution in [0, 0.1) is 0 Å². The molecule has 0 radical (unpaired) electrons. The van der Waals surface area contributed by atoms with Gasteiger partial charge in [0.2, 0.25) is 5.91 Å². The molecule has 1 aliphatic carbocycles. The summed E-state index contributed by atoms with van der Waals surface area (Å²) in [6, 6.07) is 8.04. The molecule has 1 saturated carbocycles. The van der Waals surface area contributed by atoms with Gasteiger partial charge in [0.05, 0.1) is 7.11 Å². The minimum atomic E-state index is 0.0457. The second-order valence-corrected chi connectivity index (χ2v) is 5.67. The predicted octanol–water partition coefficient (Wildman–Crippen LogP) is 3.34. The lowest BCUT2D eigenvalue weighted by Crippen LogP contribution is -2.31. The Hall–Kier alpha value is -1.55. The van der Waals surface area contributed by atoms with E-state index in [4.69, 9.17) is 4.74 Å². The molecule has 0 aromatic heterocycles. The van der Waals surface area contributed by atoms with Gasteiger partial charge in [-0.15, -0.1) is 0 Å². The van der Waals surface area contributed by atoms with Crippen molar-refractivity contribution in [1.29, 1.82) is 0 Å². The van der Waals surface area contributed by atoms with Crippen molar-refractivity contribution in [1.82, 2.24) is 5.32 Å². The zero-order chi connectivity index (χ0) is 14.9. The molecule has 0 atom stereocenters. The monoisotopic (exact) mass is 290 g/mol. The molecule has 116 valence electrons. The van der Waals surface area contributed by atoms with Crippen molar-refractivity contribution in [3.63, 3.8) is 0 Å². The minimum absolute atomic E-state index is 0.0457. The molecule has 0 heterocycles. The fraction of sp³-hybridized carbons (Fsp3) is 0.588. The van der Waals surface area contributed by atoms with Crippen molar-refractivity contribution in [2.45, 2.75) is 51.0 Å². The molecular formula is C17H26N2O2. The first-order chi connectivity index (χ1) is 10.3. The Kier molecular flexibility index (Phi) is 6.54. The van der Waals surface area contributed by atoms with Crippen LogP contribution in [0.2, 0.25) is 0 Å². The van der Waals surface area contributed by atoms with Crippen molar-refractivity contribution in [2.75, 3.05) is 19.0 Å². The summed E-state index contributed by atoms with van der Waals surface area (Å²) < 4.78 is 5.15. The van der Waals surface area contributed by atoms with Gasteiger partial charge < -0.3 is 15.4 Å². The third kappa shape index (κ3) is 5.76. The fourth-order valence-electron chi connectivity index (χ4n) is 2.80. The fourth-order valence-corrected chi connectivity index (χ4v) is 2.80. The molecular weight excluding hydrogens is 264 g/mol. The quantitative estimate of drug-likeness (QED) is 0.790. The molecule has 1 fully saturated rings. The molecule has 2 rings (SSSR count). The van der Waals surface area contributed by atoms with Gasteiger partial charge in [0, 0.05) is 30.8 Å². The highest BCUT2D eigenvalue weighted by Crippen LogP contribution is 2.18. The van der Waals surface area contributed by atoms with E-state index in [-0.39, 0.29) is 5.91 Å². The van der Waals surface area contributed by atoms with Crippen LogP contribution in [0.4, 0.5) is 5.69 Å². The lowest BCUT2D eigenvalue weighted by Gasteiger charge is -2.15.